The van der Waals surface area contributed by atoms with Crippen molar-refractivity contribution in [1.82, 2.24) is 25.1 Å². The lowest BCUT2D eigenvalue weighted by Crippen LogP contribution is -2.40. The zero-order valence-electron chi connectivity index (χ0n) is 21.1. The third-order valence-corrected chi connectivity index (χ3v) is 8.40. The first-order chi connectivity index (χ1) is 19.5. The summed E-state index contributed by atoms with van der Waals surface area (Å²) < 4.78 is 7.91. The van der Waals surface area contributed by atoms with Crippen LogP contribution in [0.25, 0.3) is 0 Å². The summed E-state index contributed by atoms with van der Waals surface area (Å²) in [6, 6.07) is 25.9. The maximum absolute atomic E-state index is 14.1. The predicted octanol–water partition coefficient (Wildman–Crippen LogP) is 3.92. The number of ether oxygens (including phenoxy) is 1. The smallest absolute Gasteiger partial charge is 0.310 e. The van der Waals surface area contributed by atoms with Gasteiger partial charge in [0.2, 0.25) is 5.91 Å². The largest absolute Gasteiger partial charge is 0.481 e. The lowest BCUT2D eigenvalue weighted by atomic mass is 9.77. The summed E-state index contributed by atoms with van der Waals surface area (Å²) in [5.41, 5.74) is 1.68. The van der Waals surface area contributed by atoms with Gasteiger partial charge in [0.1, 0.15) is 23.6 Å². The molecule has 0 radical (unpaired) electrons. The van der Waals surface area contributed by atoms with Crippen molar-refractivity contribution in [1.29, 1.82) is 0 Å². The highest BCUT2D eigenvalue weighted by Crippen LogP contribution is 2.54. The number of tetrazole rings is 1. The van der Waals surface area contributed by atoms with Gasteiger partial charge in [0.25, 0.3) is 0 Å². The van der Waals surface area contributed by atoms with E-state index in [1.165, 1.54) is 0 Å². The van der Waals surface area contributed by atoms with Gasteiger partial charge in [0.05, 0.1) is 18.6 Å². The van der Waals surface area contributed by atoms with E-state index in [0.717, 1.165) is 16.7 Å². The fraction of sp³-hybridized carbons (Fsp3) is 0.233. The Hall–Kier alpha value is -4.34. The molecule has 5 atom stereocenters. The maximum Gasteiger partial charge on any atom is 0.310 e. The normalized spacial score (nSPS) is 25.5. The number of carbonyl (C=O) groups excluding carboxylic acids is 1. The first kappa shape index (κ1) is 24.7. The lowest BCUT2D eigenvalue weighted by molar-refractivity contribution is -0.148. The van der Waals surface area contributed by atoms with Crippen LogP contribution in [0.4, 0.5) is 0 Å². The zero-order chi connectivity index (χ0) is 27.4. The van der Waals surface area contributed by atoms with Gasteiger partial charge in [0, 0.05) is 5.02 Å². The number of hydrogen-bond donors (Lipinski definition) is 1. The Morgan fingerprint density at radius 3 is 2.20 bits per heavy atom. The van der Waals surface area contributed by atoms with E-state index in [-0.39, 0.29) is 18.5 Å². The first-order valence-corrected chi connectivity index (χ1v) is 13.4. The second-order valence-corrected chi connectivity index (χ2v) is 10.8. The minimum atomic E-state index is -1.04. The molecule has 2 saturated heterocycles. The van der Waals surface area contributed by atoms with Gasteiger partial charge >= 0.3 is 5.97 Å². The number of likely N-dealkylation sites (tertiary alicyclic amines) is 1. The minimum absolute atomic E-state index is 0.175. The lowest BCUT2D eigenvalue weighted by Gasteiger charge is -2.31. The van der Waals surface area contributed by atoms with Gasteiger partial charge in [-0.1, -0.05) is 96.5 Å². The molecule has 1 amide bonds. The molecule has 10 heteroatoms. The molecule has 40 heavy (non-hydrogen) atoms. The van der Waals surface area contributed by atoms with Gasteiger partial charge in [-0.2, -0.15) is 0 Å². The molecule has 0 unspecified atom stereocenters. The molecule has 1 spiro atoms. The highest BCUT2D eigenvalue weighted by Gasteiger charge is 2.68. The number of hydrogen-bond acceptors (Lipinski definition) is 6. The molecule has 1 aromatic heterocycles. The third-order valence-electron chi connectivity index (χ3n) is 8.15. The Kier molecular flexibility index (Phi) is 5.80. The Morgan fingerprint density at radius 1 is 0.950 bits per heavy atom. The van der Waals surface area contributed by atoms with Gasteiger partial charge in [0.15, 0.2) is 5.82 Å². The van der Waals surface area contributed by atoms with Crippen LogP contribution in [0.3, 0.4) is 0 Å². The Morgan fingerprint density at radius 2 is 1.57 bits per heavy atom. The molecule has 3 aromatic carbocycles. The molecule has 4 aromatic rings. The van der Waals surface area contributed by atoms with E-state index in [1.807, 2.05) is 78.9 Å². The summed E-state index contributed by atoms with van der Waals surface area (Å²) in [5, 5.41) is 23.5. The van der Waals surface area contributed by atoms with Crippen molar-refractivity contribution in [3.63, 3.8) is 0 Å². The molecular weight excluding hydrogens is 530 g/mol. The number of fused-ring (bicyclic) bond motifs is 1. The third kappa shape index (κ3) is 3.76. The van der Waals surface area contributed by atoms with Gasteiger partial charge < -0.3 is 14.7 Å². The van der Waals surface area contributed by atoms with Crippen molar-refractivity contribution in [2.24, 2.45) is 11.8 Å². The molecule has 0 aliphatic carbocycles. The fourth-order valence-electron chi connectivity index (χ4n) is 6.45. The Bertz CT molecular complexity index is 1570. The van der Waals surface area contributed by atoms with E-state index in [0.29, 0.717) is 10.8 Å². The number of carboxylic acid groups (broad SMARTS) is 1. The fourth-order valence-corrected chi connectivity index (χ4v) is 6.58. The van der Waals surface area contributed by atoms with Gasteiger partial charge in [-0.05, 0) is 39.2 Å². The molecule has 2 bridgehead atoms. The number of carbonyl (C=O) groups is 2. The predicted molar refractivity (Wildman–Crippen MR) is 144 cm³/mol. The summed E-state index contributed by atoms with van der Waals surface area (Å²) in [4.78, 5) is 28.0. The zero-order valence-corrected chi connectivity index (χ0v) is 21.9. The number of benzene rings is 3. The van der Waals surface area contributed by atoms with Crippen molar-refractivity contribution in [3.05, 3.63) is 125 Å². The number of carboxylic acids is 1. The number of halogens is 1. The molecule has 3 aliphatic heterocycles. The van der Waals surface area contributed by atoms with Gasteiger partial charge in [-0.25, -0.2) is 4.68 Å². The molecule has 4 heterocycles. The number of aromatic nitrogens is 4. The molecule has 7 rings (SSSR count). The van der Waals surface area contributed by atoms with Crippen LogP contribution in [0.15, 0.2) is 97.1 Å². The minimum Gasteiger partial charge on any atom is -0.481 e. The molecule has 9 nitrogen and oxygen atoms in total. The van der Waals surface area contributed by atoms with Crippen LogP contribution >= 0.6 is 11.6 Å². The van der Waals surface area contributed by atoms with Crippen molar-refractivity contribution in [3.8, 4) is 0 Å². The second kappa shape index (κ2) is 9.39. The standard InChI is InChI=1S/C30H24ClN5O4/c31-21-13-11-20(12-14-21)26(35-17-30-16-15-22(40-30)23(29(38)39)24(30)28(35)37)27-32-33-34-36(27)25(18-7-3-1-4-8-18)19-9-5-2-6-10-19/h1-16,22-26H,17H2,(H,38,39)/t22-,23-,24+,26-,30-/m1/s1. The van der Waals surface area contributed by atoms with E-state index in [2.05, 4.69) is 15.5 Å². The number of aliphatic carboxylic acids is 1. The van der Waals surface area contributed by atoms with Crippen LogP contribution in [-0.2, 0) is 14.3 Å². The second-order valence-electron chi connectivity index (χ2n) is 10.4. The van der Waals surface area contributed by atoms with E-state index in [1.54, 1.807) is 27.8 Å². The van der Waals surface area contributed by atoms with Crippen molar-refractivity contribution in [2.75, 3.05) is 6.54 Å². The summed E-state index contributed by atoms with van der Waals surface area (Å²) in [6.45, 7) is 0.175. The molecular formula is C30H24ClN5O4. The monoisotopic (exact) mass is 553 g/mol. The molecule has 1 N–H and O–H groups in total. The first-order valence-electron chi connectivity index (χ1n) is 13.0. The number of rotatable bonds is 7. The van der Waals surface area contributed by atoms with Gasteiger partial charge in [-0.3, -0.25) is 9.59 Å². The molecule has 200 valence electrons. The highest BCUT2D eigenvalue weighted by molar-refractivity contribution is 6.30. The summed E-state index contributed by atoms with van der Waals surface area (Å²) >= 11 is 6.23. The summed E-state index contributed by atoms with van der Waals surface area (Å²) in [6.07, 6.45) is 2.99. The van der Waals surface area contributed by atoms with Crippen LogP contribution in [-0.4, -0.2) is 60.3 Å². The number of nitrogens with zero attached hydrogens (tertiary/aromatic N) is 5. The topological polar surface area (TPSA) is 110 Å². The Labute approximate surface area is 234 Å². The molecule has 0 saturated carbocycles. The summed E-state index contributed by atoms with van der Waals surface area (Å²) in [7, 11) is 0. The average molecular weight is 554 g/mol. The number of amides is 1. The van der Waals surface area contributed by atoms with Crippen molar-refractivity contribution < 1.29 is 19.4 Å². The SMILES string of the molecule is O=C(O)[C@H]1[C@H]2C(=O)N([C@H](c3ccc(Cl)cc3)c3nnnn3C(c3ccccc3)c3ccccc3)C[C@]23C=C[C@H]1O3. The maximum atomic E-state index is 14.1. The van der Waals surface area contributed by atoms with Crippen LogP contribution in [0.1, 0.15) is 34.6 Å². The van der Waals surface area contributed by atoms with Crippen molar-refractivity contribution in [2.45, 2.75) is 23.8 Å². The molecule has 2 fully saturated rings. The van der Waals surface area contributed by atoms with E-state index in [4.69, 9.17) is 16.3 Å². The highest BCUT2D eigenvalue weighted by atomic mass is 35.5. The van der Waals surface area contributed by atoms with E-state index < -0.39 is 35.6 Å². The van der Waals surface area contributed by atoms with Crippen LogP contribution in [0, 0.1) is 11.8 Å². The molecule has 3 aliphatic rings. The van der Waals surface area contributed by atoms with E-state index >= 15 is 0 Å². The van der Waals surface area contributed by atoms with Crippen LogP contribution in [0.2, 0.25) is 5.02 Å². The van der Waals surface area contributed by atoms with Crippen LogP contribution in [0.5, 0.6) is 0 Å². The van der Waals surface area contributed by atoms with E-state index in [9.17, 15) is 14.7 Å². The average Bonchev–Trinajstić information content (AvgIpc) is 3.74. The van der Waals surface area contributed by atoms with Crippen molar-refractivity contribution >= 4 is 23.5 Å². The van der Waals surface area contributed by atoms with Gasteiger partial charge in [-0.15, -0.1) is 5.10 Å². The van der Waals surface area contributed by atoms with Crippen LogP contribution < -0.4 is 0 Å². The summed E-state index contributed by atoms with van der Waals surface area (Å²) in [5.74, 6) is -2.69. The Balaban J connectivity index is 1.38. The quantitative estimate of drug-likeness (QED) is 0.345.